The van der Waals surface area contributed by atoms with Gasteiger partial charge in [-0.05, 0) is 61.1 Å². The zero-order chi connectivity index (χ0) is 24.0. The van der Waals surface area contributed by atoms with Crippen LogP contribution in [0.3, 0.4) is 0 Å². The van der Waals surface area contributed by atoms with Crippen molar-refractivity contribution in [2.75, 3.05) is 0 Å². The Bertz CT molecular complexity index is 937. The molecule has 33 heavy (non-hydrogen) atoms. The van der Waals surface area contributed by atoms with Gasteiger partial charge in [0.15, 0.2) is 0 Å². The van der Waals surface area contributed by atoms with Gasteiger partial charge in [0.05, 0.1) is 9.79 Å². The van der Waals surface area contributed by atoms with Crippen molar-refractivity contribution in [3.8, 4) is 0 Å². The predicted octanol–water partition coefficient (Wildman–Crippen LogP) is 5.05. The summed E-state index contributed by atoms with van der Waals surface area (Å²) in [4.78, 5) is -0.249. The maximum atomic E-state index is 10.8. The monoisotopic (exact) mass is 506 g/mol. The van der Waals surface area contributed by atoms with Gasteiger partial charge >= 0.3 is 23.1 Å². The van der Waals surface area contributed by atoms with Crippen LogP contribution in [0.4, 0.5) is 0 Å². The summed E-state index contributed by atoms with van der Waals surface area (Å²) >= 11 is 0. The molecule has 0 saturated carbocycles. The second-order valence-corrected chi connectivity index (χ2v) is 10.6. The fourth-order valence-corrected chi connectivity index (χ4v) is 4.31. The molecule has 2 aromatic carbocycles. The molecule has 0 amide bonds. The summed E-state index contributed by atoms with van der Waals surface area (Å²) in [5.41, 5.74) is 1.85. The third-order valence-corrected chi connectivity index (χ3v) is 6.67. The molecule has 0 aromatic heterocycles. The van der Waals surface area contributed by atoms with Gasteiger partial charge < -0.3 is 9.11 Å². The summed E-state index contributed by atoms with van der Waals surface area (Å²) in [6.45, 7) is 4.29. The second kappa shape index (κ2) is 16.6. The summed E-state index contributed by atoms with van der Waals surface area (Å²) in [6, 6.07) is 12.6. The largest absolute Gasteiger partial charge is 2.00 e. The van der Waals surface area contributed by atoms with E-state index >= 15 is 0 Å². The fourth-order valence-electron chi connectivity index (χ4n) is 3.22. The van der Waals surface area contributed by atoms with Crippen molar-refractivity contribution in [3.05, 3.63) is 59.7 Å². The molecule has 0 heterocycles. The number of aryl methyl sites for hydroxylation is 2. The van der Waals surface area contributed by atoms with Crippen LogP contribution >= 0.6 is 0 Å². The normalized spacial score (nSPS) is 11.3. The first-order valence-corrected chi connectivity index (χ1v) is 14.0. The summed E-state index contributed by atoms with van der Waals surface area (Å²) in [5, 5.41) is 0. The Hall–Kier alpha value is -0.974. The second-order valence-electron chi connectivity index (χ2n) is 7.82. The Morgan fingerprint density at radius 1 is 0.606 bits per heavy atom. The van der Waals surface area contributed by atoms with E-state index in [1.54, 1.807) is 12.1 Å². The molecule has 0 aliphatic heterocycles. The first kappa shape index (κ1) is 32.0. The van der Waals surface area contributed by atoms with E-state index in [0.29, 0.717) is 0 Å². The van der Waals surface area contributed by atoms with Crippen LogP contribution in [0.1, 0.15) is 76.3 Å². The van der Waals surface area contributed by atoms with Gasteiger partial charge in [-0.2, -0.15) is 0 Å². The zero-order valence-electron chi connectivity index (χ0n) is 19.7. The molecule has 2 rings (SSSR count). The molecule has 0 aliphatic rings. The van der Waals surface area contributed by atoms with Crippen LogP contribution in [0.2, 0.25) is 0 Å². The molecule has 0 bridgehead atoms. The minimum absolute atomic E-state index is 0. The van der Waals surface area contributed by atoms with E-state index in [1.165, 1.54) is 49.9 Å². The van der Waals surface area contributed by atoms with E-state index in [2.05, 4.69) is 13.8 Å². The van der Waals surface area contributed by atoms with Gasteiger partial charge in [0.1, 0.15) is 20.2 Å². The first-order valence-electron chi connectivity index (χ1n) is 11.2. The molecule has 0 atom stereocenters. The molecule has 0 N–H and O–H groups in total. The maximum absolute atomic E-state index is 10.8. The van der Waals surface area contributed by atoms with Gasteiger partial charge in [-0.15, -0.1) is 0 Å². The molecular formula is C24H34MgO6S2. The van der Waals surface area contributed by atoms with Crippen LogP contribution in [-0.2, 0) is 33.1 Å². The Balaban J connectivity index is 0.000000602. The van der Waals surface area contributed by atoms with E-state index in [0.717, 1.165) is 49.7 Å². The van der Waals surface area contributed by atoms with E-state index in [4.69, 9.17) is 0 Å². The van der Waals surface area contributed by atoms with Crippen LogP contribution in [0.15, 0.2) is 58.3 Å². The standard InChI is InChI=1S/2C12H18O3S.Mg/c2*1-2-3-4-5-7-11-8-6-9-12(10-11)16(13,14)15;/h2*6,8-10H,2-5,7H2,1H3,(H,13,14,15);/q;;+2/p-2. The summed E-state index contributed by atoms with van der Waals surface area (Å²) in [6.07, 6.45) is 10.8. The molecule has 9 heteroatoms. The van der Waals surface area contributed by atoms with Crippen molar-refractivity contribution in [1.29, 1.82) is 0 Å². The molecule has 2 aromatic rings. The SMILES string of the molecule is CCCCCCc1cccc(S(=O)(=O)[O-])c1.CCCCCCc1cccc(S(=O)(=O)[O-])c1.[Mg+2]. The van der Waals surface area contributed by atoms with Crippen LogP contribution in [0, 0.1) is 0 Å². The van der Waals surface area contributed by atoms with Crippen molar-refractivity contribution >= 4 is 43.3 Å². The molecule has 0 saturated heterocycles. The topological polar surface area (TPSA) is 114 Å². The van der Waals surface area contributed by atoms with Gasteiger partial charge in [-0.25, -0.2) is 16.8 Å². The van der Waals surface area contributed by atoms with Crippen molar-refractivity contribution in [3.63, 3.8) is 0 Å². The first-order chi connectivity index (χ1) is 15.1. The van der Waals surface area contributed by atoms with Crippen molar-refractivity contribution < 1.29 is 25.9 Å². The minimum atomic E-state index is -4.31. The van der Waals surface area contributed by atoms with Crippen LogP contribution in [-0.4, -0.2) is 49.0 Å². The van der Waals surface area contributed by atoms with Crippen molar-refractivity contribution in [2.24, 2.45) is 0 Å². The molecule has 6 nitrogen and oxygen atoms in total. The van der Waals surface area contributed by atoms with Gasteiger partial charge in [0.2, 0.25) is 0 Å². The smallest absolute Gasteiger partial charge is 0.744 e. The molecule has 0 spiro atoms. The van der Waals surface area contributed by atoms with Crippen LogP contribution in [0.5, 0.6) is 0 Å². The van der Waals surface area contributed by atoms with Crippen molar-refractivity contribution in [2.45, 2.75) is 87.8 Å². The number of hydrogen-bond donors (Lipinski definition) is 0. The number of benzene rings is 2. The quantitative estimate of drug-likeness (QED) is 0.226. The molecule has 0 fully saturated rings. The van der Waals surface area contributed by atoms with E-state index in [9.17, 15) is 25.9 Å². The Morgan fingerprint density at radius 2 is 0.970 bits per heavy atom. The summed E-state index contributed by atoms with van der Waals surface area (Å²) in [7, 11) is -8.62. The third-order valence-electron chi connectivity index (χ3n) is 5.01. The number of rotatable bonds is 12. The average molecular weight is 507 g/mol. The van der Waals surface area contributed by atoms with Gasteiger partial charge in [0, 0.05) is 0 Å². The zero-order valence-corrected chi connectivity index (χ0v) is 22.7. The fraction of sp³-hybridized carbons (Fsp3) is 0.500. The predicted molar refractivity (Wildman–Crippen MR) is 130 cm³/mol. The van der Waals surface area contributed by atoms with Crippen LogP contribution < -0.4 is 0 Å². The van der Waals surface area contributed by atoms with E-state index in [-0.39, 0.29) is 32.8 Å². The average Bonchev–Trinajstić information content (AvgIpc) is 2.74. The molecule has 0 radical (unpaired) electrons. The summed E-state index contributed by atoms with van der Waals surface area (Å²) < 4.78 is 64.8. The maximum Gasteiger partial charge on any atom is 2.00 e. The summed E-state index contributed by atoms with van der Waals surface area (Å²) in [5.74, 6) is 0. The van der Waals surface area contributed by atoms with Gasteiger partial charge in [-0.3, -0.25) is 0 Å². The minimum Gasteiger partial charge on any atom is -0.744 e. The Labute approximate surface area is 215 Å². The molecular weight excluding hydrogens is 473 g/mol. The van der Waals surface area contributed by atoms with Gasteiger partial charge in [0.25, 0.3) is 0 Å². The molecule has 0 aliphatic carbocycles. The number of hydrogen-bond acceptors (Lipinski definition) is 6. The molecule has 0 unspecified atom stereocenters. The molecule has 180 valence electrons. The van der Waals surface area contributed by atoms with Crippen molar-refractivity contribution in [1.82, 2.24) is 0 Å². The Kier molecular flexibility index (Phi) is 16.1. The van der Waals surface area contributed by atoms with Crippen LogP contribution in [0.25, 0.3) is 0 Å². The number of unbranched alkanes of at least 4 members (excludes halogenated alkanes) is 6. The van der Waals surface area contributed by atoms with E-state index in [1.807, 2.05) is 12.1 Å². The van der Waals surface area contributed by atoms with Gasteiger partial charge in [-0.1, -0.05) is 76.6 Å². The Morgan fingerprint density at radius 3 is 1.27 bits per heavy atom. The van der Waals surface area contributed by atoms with E-state index < -0.39 is 20.2 Å². The third kappa shape index (κ3) is 14.1.